The molecule has 0 saturated carbocycles. The van der Waals surface area contributed by atoms with Gasteiger partial charge in [-0.2, -0.15) is 0 Å². The van der Waals surface area contributed by atoms with Crippen molar-refractivity contribution in [2.45, 2.75) is 16.7 Å². The lowest BCUT2D eigenvalue weighted by Crippen LogP contribution is -2.29. The zero-order valence-corrected chi connectivity index (χ0v) is 14.9. The van der Waals surface area contributed by atoms with E-state index in [4.69, 9.17) is 21.4 Å². The summed E-state index contributed by atoms with van der Waals surface area (Å²) in [5.74, 6) is 0.160. The molecule has 0 heterocycles. The van der Waals surface area contributed by atoms with Gasteiger partial charge in [0.05, 0.1) is 18.0 Å². The van der Waals surface area contributed by atoms with Gasteiger partial charge in [0.15, 0.2) is 0 Å². The van der Waals surface area contributed by atoms with Crippen LogP contribution in [0.4, 0.5) is 0 Å². The lowest BCUT2D eigenvalue weighted by molar-refractivity contribution is -0.136. The first-order valence-electron chi connectivity index (χ1n) is 7.62. The summed E-state index contributed by atoms with van der Waals surface area (Å²) in [5, 5.41) is 12.2. The molecule has 128 valence electrons. The third kappa shape index (κ3) is 6.43. The Labute approximate surface area is 151 Å². The predicted molar refractivity (Wildman–Crippen MR) is 97.2 cm³/mol. The number of hydrogen-bond donors (Lipinski definition) is 2. The van der Waals surface area contributed by atoms with Gasteiger partial charge in [0.1, 0.15) is 5.75 Å². The van der Waals surface area contributed by atoms with Gasteiger partial charge in [0.25, 0.3) is 0 Å². The molecule has 0 aliphatic carbocycles. The van der Waals surface area contributed by atoms with Crippen LogP contribution >= 0.6 is 23.4 Å². The average molecular weight is 366 g/mol. The largest absolute Gasteiger partial charge is 0.492 e. The zero-order valence-electron chi connectivity index (χ0n) is 13.4. The van der Waals surface area contributed by atoms with Gasteiger partial charge in [0.2, 0.25) is 0 Å². The molecule has 0 spiro atoms. The summed E-state index contributed by atoms with van der Waals surface area (Å²) >= 11 is 7.63. The molecule has 2 rings (SSSR count). The maximum atomic E-state index is 10.5. The molecule has 0 saturated heterocycles. The van der Waals surface area contributed by atoms with Crippen molar-refractivity contribution in [1.29, 1.82) is 0 Å². The van der Waals surface area contributed by atoms with E-state index in [1.807, 2.05) is 55.5 Å². The third-order valence-corrected chi connectivity index (χ3v) is 4.45. The van der Waals surface area contributed by atoms with E-state index in [0.29, 0.717) is 18.2 Å². The van der Waals surface area contributed by atoms with Crippen molar-refractivity contribution in [1.82, 2.24) is 5.32 Å². The number of rotatable bonds is 9. The fourth-order valence-corrected chi connectivity index (χ4v) is 3.24. The van der Waals surface area contributed by atoms with Gasteiger partial charge >= 0.3 is 5.97 Å². The molecule has 6 heteroatoms. The number of benzene rings is 2. The second-order valence-corrected chi connectivity index (χ2v) is 7.00. The van der Waals surface area contributed by atoms with E-state index in [9.17, 15) is 4.79 Å². The van der Waals surface area contributed by atoms with Crippen LogP contribution in [0.1, 0.15) is 6.92 Å². The highest BCUT2D eigenvalue weighted by atomic mass is 35.5. The van der Waals surface area contributed by atoms with Crippen molar-refractivity contribution in [3.63, 3.8) is 0 Å². The van der Waals surface area contributed by atoms with Crippen molar-refractivity contribution in [3.05, 3.63) is 53.6 Å². The van der Waals surface area contributed by atoms with Crippen molar-refractivity contribution >= 4 is 29.3 Å². The van der Waals surface area contributed by atoms with Crippen LogP contribution in [0, 0.1) is 5.92 Å². The summed E-state index contributed by atoms with van der Waals surface area (Å²) < 4.78 is 5.92. The summed E-state index contributed by atoms with van der Waals surface area (Å²) in [6.45, 7) is 3.09. The lowest BCUT2D eigenvalue weighted by atomic mass is 10.2. The Hall–Kier alpha value is -1.69. The predicted octanol–water partition coefficient (Wildman–Crippen LogP) is 4.18. The smallest absolute Gasteiger partial charge is 0.317 e. The first-order valence-corrected chi connectivity index (χ1v) is 8.82. The first-order chi connectivity index (χ1) is 11.5. The Balaban J connectivity index is 1.92. The molecular weight excluding hydrogens is 346 g/mol. The number of halogens is 1. The maximum Gasteiger partial charge on any atom is 0.317 e. The van der Waals surface area contributed by atoms with Crippen LogP contribution in [0.2, 0.25) is 5.02 Å². The SMILES string of the molecule is C[C@H](CNCC(=O)O)COc1ccccc1Sc1cccc(Cl)c1. The molecule has 0 unspecified atom stereocenters. The number of ether oxygens (including phenoxy) is 1. The van der Waals surface area contributed by atoms with Gasteiger partial charge in [0, 0.05) is 22.4 Å². The van der Waals surface area contributed by atoms with Crippen molar-refractivity contribution < 1.29 is 14.6 Å². The molecule has 0 aliphatic heterocycles. The molecule has 24 heavy (non-hydrogen) atoms. The van der Waals surface area contributed by atoms with E-state index < -0.39 is 5.97 Å². The minimum absolute atomic E-state index is 0.0362. The van der Waals surface area contributed by atoms with E-state index in [2.05, 4.69) is 5.32 Å². The highest BCUT2D eigenvalue weighted by molar-refractivity contribution is 7.99. The highest BCUT2D eigenvalue weighted by Gasteiger charge is 2.09. The number of hydrogen-bond acceptors (Lipinski definition) is 4. The minimum Gasteiger partial charge on any atom is -0.492 e. The van der Waals surface area contributed by atoms with E-state index in [1.54, 1.807) is 11.8 Å². The molecular formula is C18H20ClNO3S. The van der Waals surface area contributed by atoms with Gasteiger partial charge in [-0.25, -0.2) is 0 Å². The van der Waals surface area contributed by atoms with Crippen molar-refractivity contribution in [3.8, 4) is 5.75 Å². The van der Waals surface area contributed by atoms with Crippen LogP contribution < -0.4 is 10.1 Å². The van der Waals surface area contributed by atoms with E-state index in [0.717, 1.165) is 15.5 Å². The number of aliphatic carboxylic acids is 1. The molecule has 2 aromatic rings. The molecule has 0 aromatic heterocycles. The number of para-hydroxylation sites is 1. The molecule has 2 N–H and O–H groups in total. The van der Waals surface area contributed by atoms with Crippen LogP contribution in [-0.2, 0) is 4.79 Å². The summed E-state index contributed by atoms with van der Waals surface area (Å²) in [4.78, 5) is 12.6. The molecule has 0 fully saturated rings. The summed E-state index contributed by atoms with van der Waals surface area (Å²) in [6.07, 6.45) is 0. The molecule has 0 amide bonds. The van der Waals surface area contributed by atoms with Crippen LogP contribution in [0.5, 0.6) is 5.75 Å². The van der Waals surface area contributed by atoms with E-state index in [1.165, 1.54) is 0 Å². The molecule has 0 bridgehead atoms. The zero-order chi connectivity index (χ0) is 17.4. The van der Waals surface area contributed by atoms with Crippen LogP contribution in [0.3, 0.4) is 0 Å². The number of carboxylic acid groups (broad SMARTS) is 1. The number of nitrogens with one attached hydrogen (secondary N) is 1. The molecule has 0 aliphatic rings. The van der Waals surface area contributed by atoms with Gasteiger partial charge in [-0.3, -0.25) is 4.79 Å². The summed E-state index contributed by atoms with van der Waals surface area (Å²) in [6, 6.07) is 15.5. The monoisotopic (exact) mass is 365 g/mol. The lowest BCUT2D eigenvalue weighted by Gasteiger charge is -2.15. The standard InChI is InChI=1S/C18H20ClNO3S/c1-13(10-20-11-18(21)22)12-23-16-7-2-3-8-17(16)24-15-6-4-5-14(19)9-15/h2-9,13,20H,10-12H2,1H3,(H,21,22)/t13-/m1/s1. The fourth-order valence-electron chi connectivity index (χ4n) is 2.03. The summed E-state index contributed by atoms with van der Waals surface area (Å²) in [7, 11) is 0. The fraction of sp³-hybridized carbons (Fsp3) is 0.278. The van der Waals surface area contributed by atoms with Gasteiger partial charge in [-0.05, 0) is 30.3 Å². The quantitative estimate of drug-likeness (QED) is 0.698. The molecule has 2 aromatic carbocycles. The Morgan fingerprint density at radius 1 is 1.29 bits per heavy atom. The first kappa shape index (κ1) is 18.6. The highest BCUT2D eigenvalue weighted by Crippen LogP contribution is 2.35. The van der Waals surface area contributed by atoms with E-state index >= 15 is 0 Å². The Morgan fingerprint density at radius 3 is 2.83 bits per heavy atom. The van der Waals surface area contributed by atoms with E-state index in [-0.39, 0.29) is 12.5 Å². The second kappa shape index (κ2) is 9.57. The second-order valence-electron chi connectivity index (χ2n) is 5.45. The van der Waals surface area contributed by atoms with Crippen molar-refractivity contribution in [2.75, 3.05) is 19.7 Å². The third-order valence-electron chi connectivity index (χ3n) is 3.17. The minimum atomic E-state index is -0.855. The van der Waals surface area contributed by atoms with Crippen molar-refractivity contribution in [2.24, 2.45) is 5.92 Å². The van der Waals surface area contributed by atoms with Gasteiger partial charge < -0.3 is 15.2 Å². The topological polar surface area (TPSA) is 58.6 Å². The normalized spacial score (nSPS) is 11.9. The van der Waals surface area contributed by atoms with Gasteiger partial charge in [-0.15, -0.1) is 0 Å². The molecule has 4 nitrogen and oxygen atoms in total. The van der Waals surface area contributed by atoms with Crippen LogP contribution in [-0.4, -0.2) is 30.8 Å². The Morgan fingerprint density at radius 2 is 2.08 bits per heavy atom. The molecule has 0 radical (unpaired) electrons. The van der Waals surface area contributed by atoms with Gasteiger partial charge in [-0.1, -0.05) is 48.5 Å². The number of carbonyl (C=O) groups is 1. The molecule has 1 atom stereocenters. The maximum absolute atomic E-state index is 10.5. The Kier molecular flexibility index (Phi) is 7.43. The van der Waals surface area contributed by atoms with Crippen LogP contribution in [0.15, 0.2) is 58.3 Å². The summed E-state index contributed by atoms with van der Waals surface area (Å²) in [5.41, 5.74) is 0. The average Bonchev–Trinajstić information content (AvgIpc) is 2.54. The Bertz CT molecular complexity index is 681. The van der Waals surface area contributed by atoms with Crippen LogP contribution in [0.25, 0.3) is 0 Å². The number of carboxylic acids is 1.